The molecule has 0 saturated heterocycles. The van der Waals surface area contributed by atoms with Crippen molar-refractivity contribution >= 4 is 22.1 Å². The van der Waals surface area contributed by atoms with Gasteiger partial charge in [-0.05, 0) is 49.4 Å². The summed E-state index contributed by atoms with van der Waals surface area (Å²) < 4.78 is 1.92. The van der Waals surface area contributed by atoms with Gasteiger partial charge in [-0.3, -0.25) is 4.79 Å². The van der Waals surface area contributed by atoms with Gasteiger partial charge in [0.1, 0.15) is 11.2 Å². The van der Waals surface area contributed by atoms with Gasteiger partial charge in [0.15, 0.2) is 0 Å². The van der Waals surface area contributed by atoms with Gasteiger partial charge in [0.05, 0.1) is 29.5 Å². The Morgan fingerprint density at radius 2 is 2.03 bits per heavy atom. The van der Waals surface area contributed by atoms with Crippen molar-refractivity contribution in [3.63, 3.8) is 0 Å². The summed E-state index contributed by atoms with van der Waals surface area (Å²) in [5.41, 5.74) is 4.15. The third kappa shape index (κ3) is 3.36. The molecule has 0 bridgehead atoms. The fourth-order valence-corrected chi connectivity index (χ4v) is 4.54. The quantitative estimate of drug-likeness (QED) is 0.549. The van der Waals surface area contributed by atoms with Gasteiger partial charge in [-0.1, -0.05) is 12.1 Å². The van der Waals surface area contributed by atoms with E-state index in [0.29, 0.717) is 11.6 Å². The van der Waals surface area contributed by atoms with Crippen molar-refractivity contribution in [2.45, 2.75) is 44.3 Å². The van der Waals surface area contributed by atoms with Gasteiger partial charge in [-0.25, -0.2) is 9.97 Å². The van der Waals surface area contributed by atoms with Crippen molar-refractivity contribution < 1.29 is 0 Å². The van der Waals surface area contributed by atoms with Gasteiger partial charge < -0.3 is 14.9 Å². The highest BCUT2D eigenvalue weighted by Crippen LogP contribution is 2.31. The lowest BCUT2D eigenvalue weighted by Gasteiger charge is -2.31. The van der Waals surface area contributed by atoms with E-state index in [9.17, 15) is 4.79 Å². The molecule has 1 fully saturated rings. The Morgan fingerprint density at radius 1 is 1.17 bits per heavy atom. The van der Waals surface area contributed by atoms with Crippen LogP contribution in [0.3, 0.4) is 0 Å². The number of rotatable bonds is 4. The van der Waals surface area contributed by atoms with Crippen LogP contribution in [0.5, 0.6) is 0 Å². The van der Waals surface area contributed by atoms with E-state index in [1.165, 1.54) is 6.20 Å². The minimum atomic E-state index is -0.0547. The lowest BCUT2D eigenvalue weighted by molar-refractivity contribution is 0.290. The van der Waals surface area contributed by atoms with Crippen molar-refractivity contribution in [1.82, 2.24) is 24.8 Å². The van der Waals surface area contributed by atoms with Gasteiger partial charge in [0.25, 0.3) is 5.56 Å². The van der Waals surface area contributed by atoms with Crippen LogP contribution in [0.1, 0.15) is 42.9 Å². The van der Waals surface area contributed by atoms with E-state index in [1.54, 1.807) is 6.20 Å². The molecular weight excluding hydrogens is 376 g/mol. The van der Waals surface area contributed by atoms with E-state index in [2.05, 4.69) is 26.3 Å². The Morgan fingerprint density at radius 3 is 2.87 bits per heavy atom. The van der Waals surface area contributed by atoms with E-state index < -0.39 is 0 Å². The summed E-state index contributed by atoms with van der Waals surface area (Å²) in [5, 5.41) is 13.6. The first-order chi connectivity index (χ1) is 14.7. The van der Waals surface area contributed by atoms with E-state index in [4.69, 9.17) is 5.26 Å². The maximum absolute atomic E-state index is 12.8. The number of benzene rings is 1. The van der Waals surface area contributed by atoms with Crippen LogP contribution in [0.4, 0.5) is 0 Å². The van der Waals surface area contributed by atoms with Crippen molar-refractivity contribution in [2.24, 2.45) is 0 Å². The molecule has 0 aliphatic heterocycles. The van der Waals surface area contributed by atoms with Crippen LogP contribution in [0, 0.1) is 11.3 Å². The monoisotopic (exact) mass is 398 g/mol. The molecule has 4 aromatic rings. The number of nitrogens with one attached hydrogen (secondary N) is 2. The van der Waals surface area contributed by atoms with E-state index in [0.717, 1.165) is 59.9 Å². The normalized spacial score (nSPS) is 19.2. The van der Waals surface area contributed by atoms with Crippen LogP contribution in [0.25, 0.3) is 22.1 Å². The SMILES string of the molecule is N#Cc1cccc(CNC2CCC(n3c(=O)cnc4cnc5[nH]ccc5c43)CC2)c1. The molecule has 0 amide bonds. The molecular formula is C23H22N6O. The fourth-order valence-electron chi connectivity index (χ4n) is 4.54. The summed E-state index contributed by atoms with van der Waals surface area (Å²) >= 11 is 0. The van der Waals surface area contributed by atoms with Crippen LogP contribution >= 0.6 is 0 Å². The van der Waals surface area contributed by atoms with E-state index >= 15 is 0 Å². The molecule has 1 saturated carbocycles. The zero-order valence-electron chi connectivity index (χ0n) is 16.5. The smallest absolute Gasteiger partial charge is 0.269 e. The summed E-state index contributed by atoms with van der Waals surface area (Å²) in [4.78, 5) is 24.6. The third-order valence-corrected chi connectivity index (χ3v) is 6.04. The fraction of sp³-hybridized carbons (Fsp3) is 0.304. The topological polar surface area (TPSA) is 99.4 Å². The lowest BCUT2D eigenvalue weighted by atomic mass is 9.90. The maximum atomic E-state index is 12.8. The first-order valence-electron chi connectivity index (χ1n) is 10.3. The molecule has 3 heterocycles. The number of hydrogen-bond acceptors (Lipinski definition) is 5. The van der Waals surface area contributed by atoms with Gasteiger partial charge in [-0.15, -0.1) is 0 Å². The molecule has 30 heavy (non-hydrogen) atoms. The second-order valence-electron chi connectivity index (χ2n) is 7.90. The Bertz CT molecular complexity index is 1310. The van der Waals surface area contributed by atoms with Gasteiger partial charge >= 0.3 is 0 Å². The van der Waals surface area contributed by atoms with Crippen LogP contribution in [0.2, 0.25) is 0 Å². The molecule has 1 aromatic carbocycles. The Balaban J connectivity index is 1.34. The average molecular weight is 398 g/mol. The second-order valence-corrected chi connectivity index (χ2v) is 7.90. The summed E-state index contributed by atoms with van der Waals surface area (Å²) in [6.07, 6.45) is 8.86. The van der Waals surface area contributed by atoms with Gasteiger partial charge in [-0.2, -0.15) is 5.26 Å². The average Bonchev–Trinajstić information content (AvgIpc) is 3.27. The zero-order valence-corrected chi connectivity index (χ0v) is 16.5. The third-order valence-electron chi connectivity index (χ3n) is 6.04. The number of aromatic amines is 1. The number of nitriles is 1. The van der Waals surface area contributed by atoms with Crippen LogP contribution in [-0.2, 0) is 6.54 Å². The Labute approximate surface area is 173 Å². The van der Waals surface area contributed by atoms with Crippen molar-refractivity contribution in [1.29, 1.82) is 5.26 Å². The maximum Gasteiger partial charge on any atom is 0.269 e. The molecule has 150 valence electrons. The van der Waals surface area contributed by atoms with Crippen LogP contribution in [-0.4, -0.2) is 25.6 Å². The Hall–Kier alpha value is -3.50. The standard InChI is InChI=1S/C23H22N6O/c24-11-15-2-1-3-16(10-15)12-26-17-4-6-18(7-5-17)29-21(30)14-27-20-13-28-23-19(22(20)29)8-9-25-23/h1-3,8-10,13-14,17-18,26H,4-7,12H2,(H,25,28). The molecule has 0 spiro atoms. The molecule has 3 aromatic heterocycles. The predicted octanol–water partition coefficient (Wildman–Crippen LogP) is 3.42. The van der Waals surface area contributed by atoms with Gasteiger partial charge in [0.2, 0.25) is 0 Å². The molecule has 1 aliphatic rings. The lowest BCUT2D eigenvalue weighted by Crippen LogP contribution is -2.35. The Kier molecular flexibility index (Phi) is 4.77. The number of H-pyrrole nitrogens is 1. The largest absolute Gasteiger partial charge is 0.346 e. The molecule has 0 unspecified atom stereocenters. The molecule has 7 heteroatoms. The highest BCUT2D eigenvalue weighted by molar-refractivity contribution is 6.00. The minimum absolute atomic E-state index is 0.0547. The van der Waals surface area contributed by atoms with E-state index in [1.807, 2.05) is 41.1 Å². The summed E-state index contributed by atoms with van der Waals surface area (Å²) in [6, 6.07) is 12.4. The molecule has 1 aliphatic carbocycles. The number of aromatic nitrogens is 4. The summed E-state index contributed by atoms with van der Waals surface area (Å²) in [6.45, 7) is 0.749. The van der Waals surface area contributed by atoms with Crippen molar-refractivity contribution in [2.75, 3.05) is 0 Å². The molecule has 0 atom stereocenters. The summed E-state index contributed by atoms with van der Waals surface area (Å²) in [5.74, 6) is 0. The number of nitrogens with zero attached hydrogens (tertiary/aromatic N) is 4. The van der Waals surface area contributed by atoms with E-state index in [-0.39, 0.29) is 11.6 Å². The second kappa shape index (κ2) is 7.73. The van der Waals surface area contributed by atoms with Crippen molar-refractivity contribution in [3.05, 3.63) is 70.4 Å². The minimum Gasteiger partial charge on any atom is -0.346 e. The van der Waals surface area contributed by atoms with Gasteiger partial charge in [0, 0.05) is 30.2 Å². The predicted molar refractivity (Wildman–Crippen MR) is 115 cm³/mol. The molecule has 7 nitrogen and oxygen atoms in total. The molecule has 5 rings (SSSR count). The zero-order chi connectivity index (χ0) is 20.5. The van der Waals surface area contributed by atoms with Crippen molar-refractivity contribution in [3.8, 4) is 6.07 Å². The highest BCUT2D eigenvalue weighted by atomic mass is 16.1. The number of hydrogen-bond donors (Lipinski definition) is 2. The van der Waals surface area contributed by atoms with Crippen LogP contribution in [0.15, 0.2) is 53.7 Å². The van der Waals surface area contributed by atoms with Crippen LogP contribution < -0.4 is 10.9 Å². The first kappa shape index (κ1) is 18.5. The highest BCUT2D eigenvalue weighted by Gasteiger charge is 2.25. The number of fused-ring (bicyclic) bond motifs is 3. The molecule has 2 N–H and O–H groups in total. The first-order valence-corrected chi connectivity index (χ1v) is 10.3. The summed E-state index contributed by atoms with van der Waals surface area (Å²) in [7, 11) is 0. The number of pyridine rings is 1. The molecule has 0 radical (unpaired) electrons.